The number of benzene rings is 2. The molecule has 2 radical (unpaired) electrons. The molecule has 1 fully saturated rings. The monoisotopic (exact) mass is 387 g/mol. The van der Waals surface area contributed by atoms with Gasteiger partial charge < -0.3 is 10.2 Å². The molecule has 1 saturated heterocycles. The van der Waals surface area contributed by atoms with Gasteiger partial charge in [-0.2, -0.15) is 0 Å². The van der Waals surface area contributed by atoms with Gasteiger partial charge in [-0.3, -0.25) is 19.7 Å². The van der Waals surface area contributed by atoms with Crippen molar-refractivity contribution in [3.05, 3.63) is 63.9 Å². The van der Waals surface area contributed by atoms with E-state index in [2.05, 4.69) is 14.9 Å². The number of fused-ring (bicyclic) bond motifs is 1. The van der Waals surface area contributed by atoms with Crippen LogP contribution in [0.1, 0.15) is 24.0 Å². The molecule has 1 aromatic heterocycles. The Morgan fingerprint density at radius 1 is 1.14 bits per heavy atom. The molecule has 0 unspecified atom stereocenters. The topological polar surface area (TPSA) is 88.9 Å². The highest BCUT2D eigenvalue weighted by Gasteiger charge is 2.16. The van der Waals surface area contributed by atoms with Crippen molar-refractivity contribution in [3.63, 3.8) is 0 Å². The second kappa shape index (κ2) is 8.23. The second-order valence-electron chi connectivity index (χ2n) is 7.45. The van der Waals surface area contributed by atoms with E-state index in [9.17, 15) is 15.0 Å². The molecule has 0 atom stereocenters. The average Bonchev–Trinajstić information content (AvgIpc) is 2.70. The fourth-order valence-corrected chi connectivity index (χ4v) is 3.65. The maximum absolute atomic E-state index is 12.0. The number of nitrogens with zero attached hydrogens (tertiary/aromatic N) is 2. The van der Waals surface area contributed by atoms with Crippen LogP contribution in [0.25, 0.3) is 10.8 Å². The minimum absolute atomic E-state index is 0.168. The van der Waals surface area contributed by atoms with Gasteiger partial charge >= 0.3 is 0 Å². The van der Waals surface area contributed by atoms with Crippen LogP contribution < -0.4 is 11.0 Å². The molecule has 1 aliphatic heterocycles. The summed E-state index contributed by atoms with van der Waals surface area (Å²) in [4.78, 5) is 21.3. The van der Waals surface area contributed by atoms with E-state index >= 15 is 0 Å². The number of nitrogens with one attached hydrogen (secondary N) is 1. The Bertz CT molecular complexity index is 1100. The largest absolute Gasteiger partial charge is 0.494 e. The van der Waals surface area contributed by atoms with E-state index in [1.54, 1.807) is 18.2 Å². The minimum Gasteiger partial charge on any atom is -0.494 e. The molecule has 29 heavy (non-hydrogen) atoms. The van der Waals surface area contributed by atoms with Gasteiger partial charge in [0.2, 0.25) is 5.88 Å². The molecule has 0 saturated carbocycles. The first-order valence-corrected chi connectivity index (χ1v) is 9.67. The molecule has 0 aliphatic carbocycles. The molecule has 3 N–H and O–H groups in total. The summed E-state index contributed by atoms with van der Waals surface area (Å²) < 4.78 is 0. The highest BCUT2D eigenvalue weighted by Crippen LogP contribution is 2.22. The molecule has 4 rings (SSSR count). The van der Waals surface area contributed by atoms with E-state index in [4.69, 9.17) is 7.85 Å². The Labute approximate surface area is 169 Å². The Hall–Kier alpha value is -2.90. The maximum Gasteiger partial charge on any atom is 0.258 e. The Morgan fingerprint density at radius 2 is 1.86 bits per heavy atom. The van der Waals surface area contributed by atoms with Gasteiger partial charge in [0.15, 0.2) is 0 Å². The molecule has 2 heterocycles. The number of aliphatic hydroxyl groups excluding tert-OH is 1. The smallest absolute Gasteiger partial charge is 0.258 e. The van der Waals surface area contributed by atoms with Crippen molar-refractivity contribution < 1.29 is 10.2 Å². The number of pyridine rings is 1. The van der Waals surface area contributed by atoms with Crippen LogP contribution in [0, 0.1) is 0 Å². The number of aromatic nitrogens is 1. The predicted octanol–water partition coefficient (Wildman–Crippen LogP) is 1.73. The lowest BCUT2D eigenvalue weighted by molar-refractivity contribution is 0.0792. The van der Waals surface area contributed by atoms with Crippen molar-refractivity contribution in [3.8, 4) is 5.88 Å². The molecule has 0 bridgehead atoms. The van der Waals surface area contributed by atoms with Crippen molar-refractivity contribution in [2.24, 2.45) is 4.99 Å². The summed E-state index contributed by atoms with van der Waals surface area (Å²) in [6.45, 7) is 2.66. The predicted molar refractivity (Wildman–Crippen MR) is 116 cm³/mol. The lowest BCUT2D eigenvalue weighted by Gasteiger charge is -2.29. The third kappa shape index (κ3) is 4.41. The van der Waals surface area contributed by atoms with Gasteiger partial charge in [-0.1, -0.05) is 29.7 Å². The first-order valence-electron chi connectivity index (χ1n) is 9.67. The number of hydrogen-bond donors (Lipinski definition) is 3. The third-order valence-corrected chi connectivity index (χ3v) is 5.31. The van der Waals surface area contributed by atoms with Crippen molar-refractivity contribution >= 4 is 36.0 Å². The highest BCUT2D eigenvalue weighted by molar-refractivity contribution is 6.33. The number of likely N-dealkylation sites (tertiary alicyclic amines) is 1. The zero-order valence-electron chi connectivity index (χ0n) is 16.0. The van der Waals surface area contributed by atoms with Crippen LogP contribution in [-0.4, -0.2) is 53.4 Å². The molecular formula is C22H22BN3O3. The zero-order chi connectivity index (χ0) is 20.4. The van der Waals surface area contributed by atoms with E-state index < -0.39 is 0 Å². The molecule has 7 heteroatoms. The van der Waals surface area contributed by atoms with E-state index in [-0.39, 0.29) is 17.5 Å². The second-order valence-corrected chi connectivity index (χ2v) is 7.45. The number of rotatable bonds is 4. The molecule has 1 aliphatic rings. The molecule has 3 aromatic rings. The molecular weight excluding hydrogens is 365 g/mol. The van der Waals surface area contributed by atoms with Crippen LogP contribution in [-0.2, 0) is 6.54 Å². The minimum atomic E-state index is -0.371. The van der Waals surface area contributed by atoms with Crippen LogP contribution in [0.2, 0.25) is 0 Å². The number of aliphatic hydroxyl groups is 1. The van der Waals surface area contributed by atoms with E-state index in [0.717, 1.165) is 38.2 Å². The van der Waals surface area contributed by atoms with Crippen LogP contribution in [0.4, 0.5) is 5.69 Å². The van der Waals surface area contributed by atoms with Gasteiger partial charge in [-0.15, -0.1) is 0 Å². The van der Waals surface area contributed by atoms with Gasteiger partial charge in [-0.05, 0) is 36.6 Å². The summed E-state index contributed by atoms with van der Waals surface area (Å²) in [7, 11) is 5.84. The third-order valence-electron chi connectivity index (χ3n) is 5.31. The highest BCUT2D eigenvalue weighted by atomic mass is 16.3. The first kappa shape index (κ1) is 19.4. The first-order chi connectivity index (χ1) is 14.0. The Balaban J connectivity index is 1.54. The summed E-state index contributed by atoms with van der Waals surface area (Å²) >= 11 is 0. The van der Waals surface area contributed by atoms with Crippen molar-refractivity contribution in [1.82, 2.24) is 9.88 Å². The summed E-state index contributed by atoms with van der Waals surface area (Å²) in [6, 6.07) is 12.8. The Kier molecular flexibility index (Phi) is 5.51. The van der Waals surface area contributed by atoms with E-state index in [0.29, 0.717) is 21.8 Å². The average molecular weight is 387 g/mol. The van der Waals surface area contributed by atoms with Crippen LogP contribution >= 0.6 is 0 Å². The van der Waals surface area contributed by atoms with Crippen LogP contribution in [0.5, 0.6) is 5.88 Å². The number of H-pyrrole nitrogens is 1. The van der Waals surface area contributed by atoms with Gasteiger partial charge in [0.1, 0.15) is 7.85 Å². The van der Waals surface area contributed by atoms with Gasteiger partial charge in [0.05, 0.1) is 17.4 Å². The number of aromatic hydroxyl groups is 1. The fourth-order valence-electron chi connectivity index (χ4n) is 3.65. The van der Waals surface area contributed by atoms with Crippen molar-refractivity contribution in [1.29, 1.82) is 0 Å². The summed E-state index contributed by atoms with van der Waals surface area (Å²) in [6.07, 6.45) is 3.01. The van der Waals surface area contributed by atoms with Gasteiger partial charge in [0, 0.05) is 36.6 Å². The number of aliphatic imine (C=N–C) groups is 1. The number of aromatic amines is 1. The quantitative estimate of drug-likeness (QED) is 0.470. The van der Waals surface area contributed by atoms with Crippen molar-refractivity contribution in [2.45, 2.75) is 25.5 Å². The number of hydrogen-bond acceptors (Lipinski definition) is 5. The van der Waals surface area contributed by atoms with E-state index in [1.165, 1.54) is 11.8 Å². The lowest BCUT2D eigenvalue weighted by atomic mass is 9.92. The fraction of sp³-hybridized carbons (Fsp3) is 0.273. The molecule has 0 amide bonds. The SMILES string of the molecule is [B]c1ccc2c(=O)[nH]c(O)c(C=Nc3ccc(CN4CCC(O)CC4)cc3)c2c1. The lowest BCUT2D eigenvalue weighted by Crippen LogP contribution is -2.35. The van der Waals surface area contributed by atoms with Gasteiger partial charge in [0.25, 0.3) is 5.56 Å². The summed E-state index contributed by atoms with van der Waals surface area (Å²) in [5, 5.41) is 20.8. The summed E-state index contributed by atoms with van der Waals surface area (Å²) in [5.41, 5.74) is 2.48. The molecule has 2 aromatic carbocycles. The Morgan fingerprint density at radius 3 is 2.59 bits per heavy atom. The standard InChI is InChI=1S/C22H22BN3O3/c23-15-3-6-18-19(11-15)20(22(29)25-21(18)28)12-24-16-4-1-14(2-5-16)13-26-9-7-17(27)8-10-26/h1-6,11-12,17,27H,7-10,13H2,(H2,25,28,29). The normalized spacial score (nSPS) is 16.0. The summed E-state index contributed by atoms with van der Waals surface area (Å²) in [5.74, 6) is -0.235. The van der Waals surface area contributed by atoms with Crippen LogP contribution in [0.3, 0.4) is 0 Å². The molecule has 6 nitrogen and oxygen atoms in total. The maximum atomic E-state index is 12.0. The number of piperidine rings is 1. The molecule has 146 valence electrons. The van der Waals surface area contributed by atoms with E-state index in [1.807, 2.05) is 24.3 Å². The van der Waals surface area contributed by atoms with Gasteiger partial charge in [-0.25, -0.2) is 0 Å². The molecule has 0 spiro atoms. The zero-order valence-corrected chi connectivity index (χ0v) is 16.0. The van der Waals surface area contributed by atoms with Crippen LogP contribution in [0.15, 0.2) is 52.3 Å². The van der Waals surface area contributed by atoms with Crippen molar-refractivity contribution in [2.75, 3.05) is 13.1 Å².